The molecule has 0 radical (unpaired) electrons. The fourth-order valence-electron chi connectivity index (χ4n) is 0. The molecule has 0 saturated heterocycles. The van der Waals surface area contributed by atoms with Gasteiger partial charge in [-0.15, -0.1) is 6.58 Å². The predicted octanol–water partition coefficient (Wildman–Crippen LogP) is 0.00890. The van der Waals surface area contributed by atoms with Crippen molar-refractivity contribution < 1.29 is 7.96 Å². The third-order valence-electron chi connectivity index (χ3n) is 0.129. The van der Waals surface area contributed by atoms with Gasteiger partial charge in [0.2, 0.25) is 0 Å². The molecule has 0 atom stereocenters. The van der Waals surface area contributed by atoms with Crippen molar-refractivity contribution in [2.24, 2.45) is 0 Å². The summed E-state index contributed by atoms with van der Waals surface area (Å²) in [5.74, 6) is 0. The van der Waals surface area contributed by atoms with Crippen molar-refractivity contribution in [2.45, 2.75) is 0 Å². The molecule has 0 heterocycles. The Morgan fingerprint density at radius 1 is 2.00 bits per heavy atom. The molecule has 0 aromatic rings. The SMILES string of the molecule is C=CCO.[Ca+2].[H-].[H-]. The van der Waals surface area contributed by atoms with Crippen LogP contribution in [0.5, 0.6) is 0 Å². The average Bonchev–Trinajstić information content (AvgIpc) is 1.37. The number of aliphatic hydroxyl groups excluding tert-OH is 1. The maximum atomic E-state index is 7.76. The van der Waals surface area contributed by atoms with E-state index in [1.54, 1.807) is 0 Å². The van der Waals surface area contributed by atoms with E-state index in [0.29, 0.717) is 0 Å². The van der Waals surface area contributed by atoms with Crippen LogP contribution >= 0.6 is 0 Å². The van der Waals surface area contributed by atoms with Crippen molar-refractivity contribution in [1.29, 1.82) is 0 Å². The summed E-state index contributed by atoms with van der Waals surface area (Å²) in [5, 5.41) is 7.76. The van der Waals surface area contributed by atoms with E-state index in [2.05, 4.69) is 6.58 Å². The summed E-state index contributed by atoms with van der Waals surface area (Å²) in [5.41, 5.74) is 0. The molecule has 5 heavy (non-hydrogen) atoms. The maximum absolute atomic E-state index is 7.76. The number of hydrogen-bond acceptors (Lipinski definition) is 1. The molecule has 0 saturated carbocycles. The van der Waals surface area contributed by atoms with Gasteiger partial charge in [0.05, 0.1) is 6.61 Å². The Hall–Kier alpha value is 0.960. The van der Waals surface area contributed by atoms with Crippen molar-refractivity contribution >= 4 is 37.7 Å². The topological polar surface area (TPSA) is 20.2 Å². The Morgan fingerprint density at radius 2 is 2.20 bits per heavy atom. The van der Waals surface area contributed by atoms with Crippen LogP contribution in [0.4, 0.5) is 0 Å². The molecule has 0 fully saturated rings. The molecule has 0 aromatic carbocycles. The average molecular weight is 100 g/mol. The van der Waals surface area contributed by atoms with Gasteiger partial charge in [-0.2, -0.15) is 0 Å². The molecule has 0 aliphatic heterocycles. The molecular formula is C3H8CaO. The van der Waals surface area contributed by atoms with E-state index in [-0.39, 0.29) is 47.2 Å². The van der Waals surface area contributed by atoms with Crippen molar-refractivity contribution in [3.63, 3.8) is 0 Å². The maximum Gasteiger partial charge on any atom is 2.00 e. The van der Waals surface area contributed by atoms with Crippen LogP contribution in [0.1, 0.15) is 2.85 Å². The summed E-state index contributed by atoms with van der Waals surface area (Å²) in [6.45, 7) is 3.31. The zero-order valence-corrected chi connectivity index (χ0v) is 5.35. The van der Waals surface area contributed by atoms with Crippen LogP contribution in [0.3, 0.4) is 0 Å². The minimum Gasteiger partial charge on any atom is -1.00 e. The largest absolute Gasteiger partial charge is 2.00 e. The number of hydrogen-bond donors (Lipinski definition) is 1. The first kappa shape index (κ1) is 9.35. The first-order valence-corrected chi connectivity index (χ1v) is 1.13. The molecule has 0 bridgehead atoms. The van der Waals surface area contributed by atoms with Gasteiger partial charge in [-0.05, 0) is 0 Å². The Balaban J connectivity index is -0.0000000150. The Kier molecular flexibility index (Phi) is 16.6. The van der Waals surface area contributed by atoms with Gasteiger partial charge in [-0.1, -0.05) is 6.08 Å². The number of rotatable bonds is 1. The zero-order valence-electron chi connectivity index (χ0n) is 5.15. The standard InChI is InChI=1S/C3H6O.Ca.2H/c1-2-3-4;;;/h2,4H,1,3H2;;;/q;+2;2*-1. The second-order valence-electron chi connectivity index (χ2n) is 0.471. The van der Waals surface area contributed by atoms with Crippen LogP contribution < -0.4 is 0 Å². The Bertz CT molecular complexity index is 26.9. The van der Waals surface area contributed by atoms with E-state index in [9.17, 15) is 0 Å². The zero-order chi connectivity index (χ0) is 3.41. The first-order valence-electron chi connectivity index (χ1n) is 1.13. The van der Waals surface area contributed by atoms with Gasteiger partial charge < -0.3 is 7.96 Å². The van der Waals surface area contributed by atoms with Gasteiger partial charge in [0.25, 0.3) is 0 Å². The van der Waals surface area contributed by atoms with Gasteiger partial charge in [0.15, 0.2) is 0 Å². The molecule has 1 nitrogen and oxygen atoms in total. The fraction of sp³-hybridized carbons (Fsp3) is 0.333. The van der Waals surface area contributed by atoms with E-state index in [1.807, 2.05) is 0 Å². The Labute approximate surface area is 64.7 Å². The van der Waals surface area contributed by atoms with Crippen LogP contribution in [-0.2, 0) is 0 Å². The third kappa shape index (κ3) is 11.3. The van der Waals surface area contributed by atoms with Gasteiger partial charge in [0.1, 0.15) is 0 Å². The van der Waals surface area contributed by atoms with Crippen LogP contribution in [0.25, 0.3) is 0 Å². The van der Waals surface area contributed by atoms with Crippen LogP contribution in [-0.4, -0.2) is 49.5 Å². The predicted molar refractivity (Wildman–Crippen MR) is 25.3 cm³/mol. The fourth-order valence-corrected chi connectivity index (χ4v) is 0. The molecule has 0 aromatic heterocycles. The molecule has 0 spiro atoms. The van der Waals surface area contributed by atoms with Gasteiger partial charge >= 0.3 is 37.7 Å². The molecule has 0 aliphatic carbocycles. The summed E-state index contributed by atoms with van der Waals surface area (Å²) in [7, 11) is 0. The van der Waals surface area contributed by atoms with Gasteiger partial charge in [-0.3, -0.25) is 0 Å². The van der Waals surface area contributed by atoms with Crippen molar-refractivity contribution in [1.82, 2.24) is 0 Å². The second-order valence-corrected chi connectivity index (χ2v) is 0.471. The summed E-state index contributed by atoms with van der Waals surface area (Å²) >= 11 is 0. The second kappa shape index (κ2) is 8.88. The number of aliphatic hydroxyl groups is 1. The van der Waals surface area contributed by atoms with E-state index in [4.69, 9.17) is 5.11 Å². The molecule has 0 unspecified atom stereocenters. The van der Waals surface area contributed by atoms with E-state index in [0.717, 1.165) is 0 Å². The molecular weight excluding hydrogens is 92.1 g/mol. The minimum atomic E-state index is 0. The minimum absolute atomic E-state index is 0. The summed E-state index contributed by atoms with van der Waals surface area (Å²) in [6.07, 6.45) is 1.43. The normalized spacial score (nSPS) is 5.00. The van der Waals surface area contributed by atoms with E-state index < -0.39 is 0 Å². The van der Waals surface area contributed by atoms with Crippen molar-refractivity contribution in [2.75, 3.05) is 6.61 Å². The summed E-state index contributed by atoms with van der Waals surface area (Å²) < 4.78 is 0. The molecule has 1 N–H and O–H groups in total. The van der Waals surface area contributed by atoms with Crippen LogP contribution in [0.15, 0.2) is 12.7 Å². The molecule has 2 heteroatoms. The summed E-state index contributed by atoms with van der Waals surface area (Å²) in [6, 6.07) is 0. The van der Waals surface area contributed by atoms with E-state index >= 15 is 0 Å². The van der Waals surface area contributed by atoms with Crippen molar-refractivity contribution in [3.05, 3.63) is 12.7 Å². The van der Waals surface area contributed by atoms with Gasteiger partial charge in [-0.25, -0.2) is 0 Å². The first-order chi connectivity index (χ1) is 1.91. The van der Waals surface area contributed by atoms with Crippen LogP contribution in [0.2, 0.25) is 0 Å². The van der Waals surface area contributed by atoms with Crippen LogP contribution in [0, 0.1) is 0 Å². The van der Waals surface area contributed by atoms with Gasteiger partial charge in [0, 0.05) is 0 Å². The van der Waals surface area contributed by atoms with Crippen molar-refractivity contribution in [3.8, 4) is 0 Å². The molecule has 0 amide bonds. The molecule has 0 aliphatic rings. The quantitative estimate of drug-likeness (QED) is 0.363. The Morgan fingerprint density at radius 3 is 2.20 bits per heavy atom. The van der Waals surface area contributed by atoms with E-state index in [1.165, 1.54) is 6.08 Å². The monoisotopic (exact) mass is 100 g/mol. The molecule has 0 rings (SSSR count). The third-order valence-corrected chi connectivity index (χ3v) is 0.129. The molecule has 28 valence electrons. The smallest absolute Gasteiger partial charge is 1.00 e. The summed E-state index contributed by atoms with van der Waals surface area (Å²) in [4.78, 5) is 0.